The predicted molar refractivity (Wildman–Crippen MR) is 112 cm³/mol. The van der Waals surface area contributed by atoms with Crippen LogP contribution < -0.4 is 15.8 Å². The Balaban J connectivity index is 2.27. The number of carbonyl (C=O) groups is 2. The molecule has 2 unspecified atom stereocenters. The Hall–Kier alpha value is -3.04. The van der Waals surface area contributed by atoms with E-state index in [1.165, 1.54) is 11.8 Å². The number of aldehydes is 1. The van der Waals surface area contributed by atoms with Gasteiger partial charge in [0, 0.05) is 22.8 Å². The van der Waals surface area contributed by atoms with Crippen molar-refractivity contribution in [1.82, 2.24) is 0 Å². The number of thioether (sulfide) groups is 1. The van der Waals surface area contributed by atoms with Gasteiger partial charge in [0.05, 0.1) is 0 Å². The van der Waals surface area contributed by atoms with Gasteiger partial charge in [-0.15, -0.1) is 11.8 Å². The van der Waals surface area contributed by atoms with Gasteiger partial charge in [-0.25, -0.2) is 4.79 Å². The molecule has 9 heteroatoms. The van der Waals surface area contributed by atoms with Crippen LogP contribution in [0, 0.1) is 5.41 Å². The van der Waals surface area contributed by atoms with Crippen LogP contribution in [0.5, 0.6) is 5.75 Å². The largest absolute Gasteiger partial charge is 0.479 e. The quantitative estimate of drug-likeness (QED) is 0.144. The lowest BCUT2D eigenvalue weighted by Crippen LogP contribution is -2.23. The number of amidine groups is 1. The average Bonchev–Trinajstić information content (AvgIpc) is 2.72. The molecule has 2 atom stereocenters. The molecule has 0 aliphatic rings. The van der Waals surface area contributed by atoms with Crippen LogP contribution in [-0.2, 0) is 14.3 Å². The van der Waals surface area contributed by atoms with E-state index in [9.17, 15) is 14.7 Å². The highest BCUT2D eigenvalue weighted by atomic mass is 32.2. The van der Waals surface area contributed by atoms with Crippen molar-refractivity contribution in [3.05, 3.63) is 53.6 Å². The van der Waals surface area contributed by atoms with Gasteiger partial charge < -0.3 is 25.6 Å². The topological polar surface area (TPSA) is 135 Å². The molecule has 0 amide bonds. The number of hydrogen-bond donors (Lipinski definition) is 4. The summed E-state index contributed by atoms with van der Waals surface area (Å²) in [5, 5.41) is 20.1. The highest BCUT2D eigenvalue weighted by molar-refractivity contribution is 7.98. The second kappa shape index (κ2) is 10.5. The van der Waals surface area contributed by atoms with Crippen LogP contribution in [0.3, 0.4) is 0 Å². The second-order valence-corrected chi connectivity index (χ2v) is 6.74. The average molecular weight is 417 g/mol. The number of rotatable bonds is 11. The van der Waals surface area contributed by atoms with Crippen molar-refractivity contribution in [2.75, 3.05) is 18.2 Å². The minimum Gasteiger partial charge on any atom is -0.479 e. The maximum atomic E-state index is 11.9. The van der Waals surface area contributed by atoms with Crippen molar-refractivity contribution >= 4 is 35.5 Å². The lowest BCUT2D eigenvalue weighted by atomic mass is 10.1. The van der Waals surface area contributed by atoms with Crippen LogP contribution >= 0.6 is 11.8 Å². The first-order chi connectivity index (χ1) is 13.9. The Morgan fingerprint density at radius 2 is 2.00 bits per heavy atom. The first kappa shape index (κ1) is 22.3. The van der Waals surface area contributed by atoms with Crippen molar-refractivity contribution < 1.29 is 24.2 Å². The molecule has 0 aliphatic heterocycles. The summed E-state index contributed by atoms with van der Waals surface area (Å²) in [7, 11) is 0. The fourth-order valence-corrected chi connectivity index (χ4v) is 3.12. The summed E-state index contributed by atoms with van der Waals surface area (Å²) in [6, 6.07) is 10.5. The zero-order chi connectivity index (χ0) is 21.4. The van der Waals surface area contributed by atoms with Crippen molar-refractivity contribution in [1.29, 1.82) is 5.41 Å². The molecular weight excluding hydrogens is 394 g/mol. The fraction of sp³-hybridized carbons (Fsp3) is 0.250. The van der Waals surface area contributed by atoms with Gasteiger partial charge in [-0.1, -0.05) is 6.07 Å². The number of hydrogen-bond acceptors (Lipinski definition) is 7. The number of aliphatic carboxylic acids is 1. The van der Waals surface area contributed by atoms with Crippen LogP contribution in [0.2, 0.25) is 0 Å². The summed E-state index contributed by atoms with van der Waals surface area (Å²) in [5.74, 6) is -0.685. The molecule has 2 aromatic rings. The Kier molecular flexibility index (Phi) is 8.05. The number of carbonyl (C=O) groups excluding carboxylic acids is 1. The van der Waals surface area contributed by atoms with Gasteiger partial charge in [0.1, 0.15) is 11.6 Å². The molecule has 0 fully saturated rings. The highest BCUT2D eigenvalue weighted by Gasteiger charge is 2.22. The van der Waals surface area contributed by atoms with Crippen molar-refractivity contribution in [2.24, 2.45) is 5.73 Å². The summed E-state index contributed by atoms with van der Waals surface area (Å²) < 4.78 is 10.8. The third kappa shape index (κ3) is 5.97. The van der Waals surface area contributed by atoms with E-state index in [-0.39, 0.29) is 5.84 Å². The molecule has 2 aromatic carbocycles. The van der Waals surface area contributed by atoms with Gasteiger partial charge in [0.2, 0.25) is 0 Å². The SMILES string of the molecule is CCOC(C=O)Oc1ccc(C(Nc2ccc(C(=N)N)cc2)C(=O)O)cc1SC. The zero-order valence-corrected chi connectivity index (χ0v) is 16.9. The third-order valence-electron chi connectivity index (χ3n) is 3.96. The van der Waals surface area contributed by atoms with Crippen LogP contribution in [0.25, 0.3) is 0 Å². The summed E-state index contributed by atoms with van der Waals surface area (Å²) in [5.41, 5.74) is 7.08. The van der Waals surface area contributed by atoms with E-state index in [0.29, 0.717) is 40.4 Å². The van der Waals surface area contributed by atoms with E-state index < -0.39 is 18.3 Å². The number of carboxylic acid groups (broad SMARTS) is 1. The number of carboxylic acids is 1. The van der Waals surface area contributed by atoms with Gasteiger partial charge in [0.25, 0.3) is 6.29 Å². The number of nitrogens with two attached hydrogens (primary N) is 1. The molecule has 8 nitrogen and oxygen atoms in total. The lowest BCUT2D eigenvalue weighted by molar-refractivity contribution is -0.138. The van der Waals surface area contributed by atoms with Crippen LogP contribution in [0.15, 0.2) is 47.4 Å². The van der Waals surface area contributed by atoms with Crippen LogP contribution in [-0.4, -0.2) is 42.4 Å². The molecule has 2 rings (SSSR count). The van der Waals surface area contributed by atoms with E-state index in [2.05, 4.69) is 5.32 Å². The molecular formula is C20H23N3O5S. The van der Waals surface area contributed by atoms with Crippen molar-refractivity contribution in [3.8, 4) is 5.75 Å². The predicted octanol–water partition coefficient (Wildman–Crippen LogP) is 2.87. The number of ether oxygens (including phenoxy) is 2. The van der Waals surface area contributed by atoms with Crippen molar-refractivity contribution in [3.63, 3.8) is 0 Å². The maximum Gasteiger partial charge on any atom is 0.330 e. The minimum absolute atomic E-state index is 0.0628. The third-order valence-corrected chi connectivity index (χ3v) is 4.72. The van der Waals surface area contributed by atoms with E-state index in [0.717, 1.165) is 0 Å². The number of benzene rings is 2. The van der Waals surface area contributed by atoms with Gasteiger partial charge in [0.15, 0.2) is 12.3 Å². The molecule has 154 valence electrons. The molecule has 0 saturated heterocycles. The molecule has 5 N–H and O–H groups in total. The minimum atomic E-state index is -1.05. The maximum absolute atomic E-state index is 11.9. The fourth-order valence-electron chi connectivity index (χ4n) is 2.55. The molecule has 0 heterocycles. The molecule has 0 radical (unpaired) electrons. The van der Waals surface area contributed by atoms with E-state index >= 15 is 0 Å². The molecule has 0 aliphatic carbocycles. The first-order valence-electron chi connectivity index (χ1n) is 8.74. The molecule has 0 saturated carbocycles. The van der Waals surface area contributed by atoms with Gasteiger partial charge in [-0.3, -0.25) is 10.2 Å². The number of anilines is 1. The summed E-state index contributed by atoms with van der Waals surface area (Å²) >= 11 is 1.37. The Morgan fingerprint density at radius 3 is 2.52 bits per heavy atom. The Morgan fingerprint density at radius 1 is 1.31 bits per heavy atom. The first-order valence-corrected chi connectivity index (χ1v) is 9.97. The highest BCUT2D eigenvalue weighted by Crippen LogP contribution is 2.32. The summed E-state index contributed by atoms with van der Waals surface area (Å²) in [6.45, 7) is 2.08. The molecule has 29 heavy (non-hydrogen) atoms. The zero-order valence-electron chi connectivity index (χ0n) is 16.0. The molecule has 0 bridgehead atoms. The van der Waals surface area contributed by atoms with Crippen molar-refractivity contribution in [2.45, 2.75) is 24.2 Å². The monoisotopic (exact) mass is 417 g/mol. The normalized spacial score (nSPS) is 12.6. The van der Waals surface area contributed by atoms with Crippen LogP contribution in [0.1, 0.15) is 24.1 Å². The van der Waals surface area contributed by atoms with E-state index in [1.54, 1.807) is 49.4 Å². The number of nitrogens with one attached hydrogen (secondary N) is 2. The molecule has 0 spiro atoms. The Labute approximate surface area is 172 Å². The van der Waals surface area contributed by atoms with Gasteiger partial charge in [-0.2, -0.15) is 0 Å². The second-order valence-electron chi connectivity index (χ2n) is 5.89. The summed E-state index contributed by atoms with van der Waals surface area (Å²) in [6.07, 6.45) is 1.37. The lowest BCUT2D eigenvalue weighted by Gasteiger charge is -2.20. The van der Waals surface area contributed by atoms with Gasteiger partial charge in [-0.05, 0) is 55.1 Å². The smallest absolute Gasteiger partial charge is 0.330 e. The van der Waals surface area contributed by atoms with E-state index in [4.69, 9.17) is 20.6 Å². The standard InChI is InChI=1S/C20H23N3O5S/c1-3-27-17(11-24)28-15-9-6-13(10-16(15)29-2)18(20(25)26)23-14-7-4-12(5-8-14)19(21)22/h4-11,17-18,23H,3H2,1-2H3,(H3,21,22)(H,25,26). The van der Waals surface area contributed by atoms with Crippen LogP contribution in [0.4, 0.5) is 5.69 Å². The molecule has 0 aromatic heterocycles. The Bertz CT molecular complexity index is 873. The number of nitrogen functional groups attached to an aromatic ring is 1. The summed E-state index contributed by atoms with van der Waals surface area (Å²) in [4.78, 5) is 23.6. The van der Waals surface area contributed by atoms with Gasteiger partial charge >= 0.3 is 5.97 Å². The van der Waals surface area contributed by atoms with E-state index in [1.807, 2.05) is 6.26 Å².